The number of nitrogens with one attached hydrogen (secondary N) is 2. The number of hydrogen-bond donors (Lipinski definition) is 2. The van der Waals surface area contributed by atoms with Gasteiger partial charge in [-0.2, -0.15) is 5.26 Å². The molecule has 0 bridgehead atoms. The second-order valence-electron chi connectivity index (χ2n) is 8.98. The first-order valence-electron chi connectivity index (χ1n) is 12.3. The number of hydrogen-bond acceptors (Lipinski definition) is 5. The van der Waals surface area contributed by atoms with Crippen molar-refractivity contribution in [1.82, 2.24) is 15.1 Å². The van der Waals surface area contributed by atoms with Crippen LogP contribution in [0.25, 0.3) is 0 Å². The number of nitrogens with zero attached hydrogens (tertiary/aromatic N) is 3. The van der Waals surface area contributed by atoms with E-state index in [0.717, 1.165) is 44.7 Å². The SMILES string of the molecule is N#Cc1ccc(CN2CCCN(CC(=O)Nc3ccccc3C(=O)NCc3ccccc3)CC2)cc1. The Labute approximate surface area is 212 Å². The Kier molecular flexibility index (Phi) is 8.82. The van der Waals surface area contributed by atoms with Crippen molar-refractivity contribution in [1.29, 1.82) is 5.26 Å². The lowest BCUT2D eigenvalue weighted by molar-refractivity contribution is -0.117. The van der Waals surface area contributed by atoms with Crippen LogP contribution >= 0.6 is 0 Å². The summed E-state index contributed by atoms with van der Waals surface area (Å²) >= 11 is 0. The van der Waals surface area contributed by atoms with Gasteiger partial charge in [0.15, 0.2) is 0 Å². The maximum absolute atomic E-state index is 12.9. The highest BCUT2D eigenvalue weighted by Crippen LogP contribution is 2.16. The molecule has 0 spiro atoms. The fourth-order valence-electron chi connectivity index (χ4n) is 4.34. The number of carbonyl (C=O) groups excluding carboxylic acids is 2. The summed E-state index contributed by atoms with van der Waals surface area (Å²) in [7, 11) is 0. The number of carbonyl (C=O) groups is 2. The number of anilines is 1. The first kappa shape index (κ1) is 25.1. The molecule has 1 aliphatic rings. The summed E-state index contributed by atoms with van der Waals surface area (Å²) in [6.45, 7) is 5.00. The molecule has 1 fully saturated rings. The molecule has 0 aromatic heterocycles. The minimum absolute atomic E-state index is 0.126. The van der Waals surface area contributed by atoms with Crippen LogP contribution in [-0.4, -0.2) is 54.3 Å². The molecule has 1 heterocycles. The lowest BCUT2D eigenvalue weighted by atomic mass is 10.1. The molecule has 0 aliphatic carbocycles. The molecule has 3 aromatic carbocycles. The average molecular weight is 482 g/mol. The Bertz CT molecular complexity index is 1200. The normalized spacial score (nSPS) is 14.4. The van der Waals surface area contributed by atoms with Crippen molar-refractivity contribution in [2.75, 3.05) is 38.0 Å². The van der Waals surface area contributed by atoms with E-state index in [-0.39, 0.29) is 18.4 Å². The van der Waals surface area contributed by atoms with Gasteiger partial charge < -0.3 is 10.6 Å². The molecule has 2 N–H and O–H groups in total. The van der Waals surface area contributed by atoms with Crippen LogP contribution in [0.2, 0.25) is 0 Å². The van der Waals surface area contributed by atoms with Crippen molar-refractivity contribution in [2.24, 2.45) is 0 Å². The first-order valence-corrected chi connectivity index (χ1v) is 12.3. The van der Waals surface area contributed by atoms with Crippen molar-refractivity contribution in [3.05, 3.63) is 101 Å². The number of amides is 2. The molecule has 1 saturated heterocycles. The van der Waals surface area contributed by atoms with E-state index in [9.17, 15) is 9.59 Å². The highest BCUT2D eigenvalue weighted by molar-refractivity contribution is 6.04. The summed E-state index contributed by atoms with van der Waals surface area (Å²) in [5.41, 5.74) is 3.84. The van der Waals surface area contributed by atoms with E-state index in [4.69, 9.17) is 5.26 Å². The summed E-state index contributed by atoms with van der Waals surface area (Å²) in [6, 6.07) is 26.7. The van der Waals surface area contributed by atoms with Gasteiger partial charge in [0.2, 0.25) is 5.91 Å². The van der Waals surface area contributed by atoms with Gasteiger partial charge in [0.25, 0.3) is 5.91 Å². The van der Waals surface area contributed by atoms with E-state index in [1.165, 1.54) is 5.56 Å². The van der Waals surface area contributed by atoms with Crippen LogP contribution in [0.3, 0.4) is 0 Å². The molecule has 0 radical (unpaired) electrons. The van der Waals surface area contributed by atoms with E-state index in [1.54, 1.807) is 18.2 Å². The minimum atomic E-state index is -0.219. The van der Waals surface area contributed by atoms with E-state index in [1.807, 2.05) is 60.7 Å². The number of benzene rings is 3. The van der Waals surface area contributed by atoms with Crippen LogP contribution in [0.4, 0.5) is 5.69 Å². The molecule has 2 amide bonds. The maximum Gasteiger partial charge on any atom is 0.253 e. The Morgan fingerprint density at radius 2 is 1.50 bits per heavy atom. The average Bonchev–Trinajstić information content (AvgIpc) is 3.13. The van der Waals surface area contributed by atoms with Crippen LogP contribution in [0, 0.1) is 11.3 Å². The zero-order chi connectivity index (χ0) is 25.2. The van der Waals surface area contributed by atoms with Crippen molar-refractivity contribution in [3.63, 3.8) is 0 Å². The fourth-order valence-corrected chi connectivity index (χ4v) is 4.34. The van der Waals surface area contributed by atoms with E-state index in [2.05, 4.69) is 26.5 Å². The molecule has 36 heavy (non-hydrogen) atoms. The third-order valence-corrected chi connectivity index (χ3v) is 6.28. The molecule has 3 aromatic rings. The number of para-hydroxylation sites is 1. The zero-order valence-electron chi connectivity index (χ0n) is 20.3. The zero-order valence-corrected chi connectivity index (χ0v) is 20.3. The Morgan fingerprint density at radius 3 is 2.28 bits per heavy atom. The molecule has 4 rings (SSSR count). The predicted molar refractivity (Wildman–Crippen MR) is 140 cm³/mol. The van der Waals surface area contributed by atoms with Gasteiger partial charge >= 0.3 is 0 Å². The first-order chi connectivity index (χ1) is 17.6. The molecule has 7 nitrogen and oxygen atoms in total. The standard InChI is InChI=1S/C29H31N5O2/c30-19-23-11-13-25(14-12-23)21-33-15-6-16-34(18-17-33)22-28(35)32-27-10-5-4-9-26(27)29(36)31-20-24-7-2-1-3-8-24/h1-5,7-14H,6,15-18,20-22H2,(H,31,36)(H,32,35). The van der Waals surface area contributed by atoms with Crippen molar-refractivity contribution in [2.45, 2.75) is 19.5 Å². The lowest BCUT2D eigenvalue weighted by Crippen LogP contribution is -2.36. The van der Waals surface area contributed by atoms with Crippen LogP contribution in [0.15, 0.2) is 78.9 Å². The topological polar surface area (TPSA) is 88.5 Å². The minimum Gasteiger partial charge on any atom is -0.348 e. The molecular weight excluding hydrogens is 450 g/mol. The summed E-state index contributed by atoms with van der Waals surface area (Å²) < 4.78 is 0. The van der Waals surface area contributed by atoms with Crippen LogP contribution < -0.4 is 10.6 Å². The number of rotatable bonds is 8. The highest BCUT2D eigenvalue weighted by atomic mass is 16.2. The maximum atomic E-state index is 12.9. The van der Waals surface area contributed by atoms with Gasteiger partial charge in [0.05, 0.1) is 29.4 Å². The van der Waals surface area contributed by atoms with Gasteiger partial charge in [0.1, 0.15) is 0 Å². The van der Waals surface area contributed by atoms with Crippen molar-refractivity contribution in [3.8, 4) is 6.07 Å². The summed E-state index contributed by atoms with van der Waals surface area (Å²) in [5, 5.41) is 14.8. The Morgan fingerprint density at radius 1 is 0.806 bits per heavy atom. The second kappa shape index (κ2) is 12.6. The summed E-state index contributed by atoms with van der Waals surface area (Å²) in [6.07, 6.45) is 0.974. The molecule has 0 unspecified atom stereocenters. The van der Waals surface area contributed by atoms with Crippen molar-refractivity contribution < 1.29 is 9.59 Å². The largest absolute Gasteiger partial charge is 0.348 e. The Hall–Kier alpha value is -3.99. The smallest absolute Gasteiger partial charge is 0.253 e. The lowest BCUT2D eigenvalue weighted by Gasteiger charge is -2.22. The monoisotopic (exact) mass is 481 g/mol. The molecule has 184 valence electrons. The van der Waals surface area contributed by atoms with E-state index >= 15 is 0 Å². The molecule has 7 heteroatoms. The van der Waals surface area contributed by atoms with Gasteiger partial charge in [-0.25, -0.2) is 0 Å². The van der Waals surface area contributed by atoms with E-state index in [0.29, 0.717) is 23.4 Å². The third kappa shape index (κ3) is 7.25. The second-order valence-corrected chi connectivity index (χ2v) is 8.98. The fraction of sp³-hybridized carbons (Fsp3) is 0.276. The predicted octanol–water partition coefficient (Wildman–Crippen LogP) is 3.63. The third-order valence-electron chi connectivity index (χ3n) is 6.28. The van der Waals surface area contributed by atoms with Crippen LogP contribution in [0.1, 0.15) is 33.5 Å². The quantitative estimate of drug-likeness (QED) is 0.513. The molecule has 0 saturated carbocycles. The highest BCUT2D eigenvalue weighted by Gasteiger charge is 2.19. The summed E-state index contributed by atoms with van der Waals surface area (Å²) in [4.78, 5) is 30.2. The molecular formula is C29H31N5O2. The van der Waals surface area contributed by atoms with Gasteiger partial charge in [-0.3, -0.25) is 19.4 Å². The van der Waals surface area contributed by atoms with E-state index < -0.39 is 0 Å². The number of nitriles is 1. The van der Waals surface area contributed by atoms with Gasteiger partial charge in [-0.1, -0.05) is 54.6 Å². The summed E-state index contributed by atoms with van der Waals surface area (Å²) in [5.74, 6) is -0.346. The van der Waals surface area contributed by atoms with Crippen molar-refractivity contribution >= 4 is 17.5 Å². The molecule has 0 atom stereocenters. The van der Waals surface area contributed by atoms with Crippen LogP contribution in [-0.2, 0) is 17.9 Å². The van der Waals surface area contributed by atoms with Gasteiger partial charge in [0, 0.05) is 26.2 Å². The van der Waals surface area contributed by atoms with Gasteiger partial charge in [-0.15, -0.1) is 0 Å². The van der Waals surface area contributed by atoms with Gasteiger partial charge in [-0.05, 0) is 54.9 Å². The van der Waals surface area contributed by atoms with Crippen LogP contribution in [0.5, 0.6) is 0 Å². The molecule has 1 aliphatic heterocycles. The Balaban J connectivity index is 1.28.